The van der Waals surface area contributed by atoms with Crippen LogP contribution in [-0.4, -0.2) is 6.72 Å². The molecule has 0 spiro atoms. The van der Waals surface area contributed by atoms with Crippen LogP contribution in [0.1, 0.15) is 17.2 Å². The highest BCUT2D eigenvalue weighted by molar-refractivity contribution is 7.25. The van der Waals surface area contributed by atoms with Crippen LogP contribution >= 0.6 is 11.3 Å². The monoisotopic (exact) mass is 342 g/mol. The summed E-state index contributed by atoms with van der Waals surface area (Å²) in [6, 6.07) is 24.7. The summed E-state index contributed by atoms with van der Waals surface area (Å²) in [7, 11) is 0. The molecule has 1 atom stereocenters. The van der Waals surface area contributed by atoms with E-state index in [1.807, 2.05) is 36.4 Å². The van der Waals surface area contributed by atoms with Gasteiger partial charge in [-0.3, -0.25) is 4.99 Å². The second-order valence-electron chi connectivity index (χ2n) is 5.96. The zero-order valence-electron chi connectivity index (χ0n) is 13.7. The summed E-state index contributed by atoms with van der Waals surface area (Å²) in [4.78, 5) is 4.22. The third-order valence-electron chi connectivity index (χ3n) is 4.37. The molecule has 0 bridgehead atoms. The molecule has 0 amide bonds. The standard InChI is InChI=1S/C22H18N2S/c1-24-20(14-19(23)15-7-3-2-4-8-15)16-11-12-18-17-9-5-6-10-21(17)25-22(18)13-16/h2-14,19H,1,23H2/b20-14-. The van der Waals surface area contributed by atoms with Gasteiger partial charge in [0, 0.05) is 25.7 Å². The number of fused-ring (bicyclic) bond motifs is 3. The van der Waals surface area contributed by atoms with Crippen LogP contribution < -0.4 is 5.73 Å². The molecule has 3 heteroatoms. The Morgan fingerprint density at radius 1 is 0.920 bits per heavy atom. The van der Waals surface area contributed by atoms with Crippen molar-refractivity contribution in [3.05, 3.63) is 90.0 Å². The van der Waals surface area contributed by atoms with E-state index >= 15 is 0 Å². The number of hydrogen-bond donors (Lipinski definition) is 1. The minimum Gasteiger partial charge on any atom is -0.321 e. The molecule has 0 fully saturated rings. The fourth-order valence-electron chi connectivity index (χ4n) is 3.07. The molecule has 25 heavy (non-hydrogen) atoms. The van der Waals surface area contributed by atoms with Gasteiger partial charge in [-0.25, -0.2) is 0 Å². The molecule has 3 aromatic carbocycles. The van der Waals surface area contributed by atoms with Crippen molar-refractivity contribution in [2.45, 2.75) is 6.04 Å². The molecule has 2 nitrogen and oxygen atoms in total. The Bertz CT molecular complexity index is 1080. The van der Waals surface area contributed by atoms with Gasteiger partial charge >= 0.3 is 0 Å². The molecule has 1 heterocycles. The van der Waals surface area contributed by atoms with Gasteiger partial charge in [-0.15, -0.1) is 11.3 Å². The summed E-state index contributed by atoms with van der Waals surface area (Å²) in [5, 5.41) is 2.58. The van der Waals surface area contributed by atoms with Crippen LogP contribution in [0.5, 0.6) is 0 Å². The molecular formula is C22H18N2S. The van der Waals surface area contributed by atoms with Crippen molar-refractivity contribution in [2.24, 2.45) is 10.7 Å². The van der Waals surface area contributed by atoms with E-state index in [1.165, 1.54) is 20.2 Å². The summed E-state index contributed by atoms with van der Waals surface area (Å²) >= 11 is 1.80. The van der Waals surface area contributed by atoms with Crippen molar-refractivity contribution in [3.8, 4) is 0 Å². The van der Waals surface area contributed by atoms with Crippen molar-refractivity contribution >= 4 is 43.9 Å². The smallest absolute Gasteiger partial charge is 0.0674 e. The van der Waals surface area contributed by atoms with E-state index in [2.05, 4.69) is 54.2 Å². The third-order valence-corrected chi connectivity index (χ3v) is 5.50. The number of rotatable bonds is 4. The molecule has 1 unspecified atom stereocenters. The highest BCUT2D eigenvalue weighted by Gasteiger charge is 2.09. The van der Waals surface area contributed by atoms with E-state index in [1.54, 1.807) is 11.3 Å². The second-order valence-corrected chi connectivity index (χ2v) is 7.04. The molecule has 0 aliphatic carbocycles. The predicted molar refractivity (Wildman–Crippen MR) is 110 cm³/mol. The van der Waals surface area contributed by atoms with Crippen molar-refractivity contribution in [3.63, 3.8) is 0 Å². The van der Waals surface area contributed by atoms with Gasteiger partial charge in [0.25, 0.3) is 0 Å². The maximum absolute atomic E-state index is 6.32. The summed E-state index contributed by atoms with van der Waals surface area (Å²) in [5.41, 5.74) is 9.24. The third kappa shape index (κ3) is 3.00. The molecule has 0 saturated carbocycles. The van der Waals surface area contributed by atoms with Crippen LogP contribution in [0.4, 0.5) is 0 Å². The van der Waals surface area contributed by atoms with Gasteiger partial charge in [0.1, 0.15) is 0 Å². The number of benzene rings is 3. The van der Waals surface area contributed by atoms with Crippen molar-refractivity contribution in [2.75, 3.05) is 0 Å². The van der Waals surface area contributed by atoms with E-state index in [0.717, 1.165) is 16.8 Å². The zero-order valence-corrected chi connectivity index (χ0v) is 14.5. The molecule has 122 valence electrons. The molecular weight excluding hydrogens is 324 g/mol. The van der Waals surface area contributed by atoms with Crippen molar-refractivity contribution in [1.29, 1.82) is 0 Å². The molecule has 4 rings (SSSR count). The summed E-state index contributed by atoms with van der Waals surface area (Å²) in [6.07, 6.45) is 1.97. The van der Waals surface area contributed by atoms with Crippen LogP contribution in [0.2, 0.25) is 0 Å². The highest BCUT2D eigenvalue weighted by Crippen LogP contribution is 2.35. The Kier molecular flexibility index (Phi) is 4.18. The molecule has 0 radical (unpaired) electrons. The minimum absolute atomic E-state index is 0.209. The first-order chi connectivity index (χ1) is 12.3. The highest BCUT2D eigenvalue weighted by atomic mass is 32.1. The average molecular weight is 342 g/mol. The lowest BCUT2D eigenvalue weighted by atomic mass is 10.0. The SMILES string of the molecule is C=N/C(=C\C(N)c1ccccc1)c1ccc2c(c1)sc1ccccc12. The Labute approximate surface area is 150 Å². The fourth-order valence-corrected chi connectivity index (χ4v) is 4.21. The lowest BCUT2D eigenvalue weighted by Crippen LogP contribution is -2.07. The van der Waals surface area contributed by atoms with Gasteiger partial charge in [0.2, 0.25) is 0 Å². The molecule has 4 aromatic rings. The Balaban J connectivity index is 1.77. The number of hydrogen-bond acceptors (Lipinski definition) is 3. The molecule has 1 aromatic heterocycles. The summed E-state index contributed by atoms with van der Waals surface area (Å²) in [5.74, 6) is 0. The first kappa shape index (κ1) is 15.8. The Morgan fingerprint density at radius 2 is 1.64 bits per heavy atom. The summed E-state index contributed by atoms with van der Waals surface area (Å²) in [6.45, 7) is 3.74. The molecule has 0 aliphatic heterocycles. The Morgan fingerprint density at radius 3 is 2.44 bits per heavy atom. The van der Waals surface area contributed by atoms with Gasteiger partial charge in [-0.05, 0) is 30.5 Å². The van der Waals surface area contributed by atoms with Crippen LogP contribution in [0, 0.1) is 0 Å². The predicted octanol–water partition coefficient (Wildman–Crippen LogP) is 5.80. The van der Waals surface area contributed by atoms with E-state index in [4.69, 9.17) is 5.73 Å². The van der Waals surface area contributed by atoms with Gasteiger partial charge in [-0.1, -0.05) is 60.7 Å². The zero-order chi connectivity index (χ0) is 17.2. The lowest BCUT2D eigenvalue weighted by molar-refractivity contribution is 0.911. The minimum atomic E-state index is -0.209. The quantitative estimate of drug-likeness (QED) is 0.468. The topological polar surface area (TPSA) is 38.4 Å². The first-order valence-corrected chi connectivity index (χ1v) is 8.98. The number of nitrogens with zero attached hydrogens (tertiary/aromatic N) is 1. The van der Waals surface area contributed by atoms with Gasteiger partial charge in [-0.2, -0.15) is 0 Å². The van der Waals surface area contributed by atoms with Crippen LogP contribution in [0.25, 0.3) is 25.9 Å². The molecule has 0 saturated heterocycles. The number of nitrogens with two attached hydrogens (primary N) is 1. The average Bonchev–Trinajstić information content (AvgIpc) is 3.04. The van der Waals surface area contributed by atoms with E-state index in [-0.39, 0.29) is 6.04 Å². The second kappa shape index (κ2) is 6.63. The van der Waals surface area contributed by atoms with Gasteiger partial charge < -0.3 is 5.73 Å². The molecule has 0 aliphatic rings. The lowest BCUT2D eigenvalue weighted by Gasteiger charge is -2.09. The van der Waals surface area contributed by atoms with Gasteiger partial charge in [0.15, 0.2) is 0 Å². The van der Waals surface area contributed by atoms with Crippen LogP contribution in [-0.2, 0) is 0 Å². The molecule has 2 N–H and O–H groups in total. The Hall–Kier alpha value is -2.75. The first-order valence-electron chi connectivity index (χ1n) is 8.17. The van der Waals surface area contributed by atoms with Crippen molar-refractivity contribution < 1.29 is 0 Å². The van der Waals surface area contributed by atoms with Crippen LogP contribution in [0.3, 0.4) is 0 Å². The fraction of sp³-hybridized carbons (Fsp3) is 0.0455. The van der Waals surface area contributed by atoms with E-state index in [0.29, 0.717) is 0 Å². The number of aliphatic imine (C=N–C) groups is 1. The van der Waals surface area contributed by atoms with E-state index < -0.39 is 0 Å². The van der Waals surface area contributed by atoms with Crippen molar-refractivity contribution in [1.82, 2.24) is 0 Å². The normalized spacial score (nSPS) is 13.2. The van der Waals surface area contributed by atoms with E-state index in [9.17, 15) is 0 Å². The maximum atomic E-state index is 6.32. The van der Waals surface area contributed by atoms with Gasteiger partial charge in [0.05, 0.1) is 11.7 Å². The number of thiophene rings is 1. The maximum Gasteiger partial charge on any atom is 0.0674 e. The van der Waals surface area contributed by atoms with Crippen LogP contribution in [0.15, 0.2) is 83.9 Å². The summed E-state index contributed by atoms with van der Waals surface area (Å²) < 4.78 is 2.55. The largest absolute Gasteiger partial charge is 0.321 e.